The summed E-state index contributed by atoms with van der Waals surface area (Å²) in [5.74, 6) is -2.39. The van der Waals surface area contributed by atoms with Crippen LogP contribution >= 0.6 is 0 Å². The molecule has 4 N–H and O–H groups in total. The fourth-order valence-corrected chi connectivity index (χ4v) is 4.78. The Hall–Kier alpha value is -3.54. The van der Waals surface area contributed by atoms with Gasteiger partial charge in [-0.1, -0.05) is 38.2 Å². The van der Waals surface area contributed by atoms with Crippen molar-refractivity contribution >= 4 is 23.6 Å². The minimum absolute atomic E-state index is 0.0801. The highest BCUT2D eigenvalue weighted by molar-refractivity contribution is 6.23. The molecule has 1 aliphatic carbocycles. The molecule has 2 bridgehead atoms. The fourth-order valence-electron chi connectivity index (χ4n) is 4.78. The van der Waals surface area contributed by atoms with Crippen LogP contribution in [0.2, 0.25) is 0 Å². The second kappa shape index (κ2) is 14.7. The number of carbonyl (C=O) groups is 4. The lowest BCUT2D eigenvalue weighted by Gasteiger charge is -2.29. The molecule has 0 aromatic rings. The van der Waals surface area contributed by atoms with E-state index in [4.69, 9.17) is 24.7 Å². The third kappa shape index (κ3) is 8.23. The molecule has 0 unspecified atom stereocenters. The molecule has 0 saturated heterocycles. The quantitative estimate of drug-likeness (QED) is 0.346. The first-order chi connectivity index (χ1) is 18.8. The normalized spacial score (nSPS) is 32.7. The van der Waals surface area contributed by atoms with Crippen LogP contribution in [0.15, 0.2) is 58.6 Å². The van der Waals surface area contributed by atoms with Gasteiger partial charge in [-0.25, -0.2) is 4.79 Å². The lowest BCUT2D eigenvalue weighted by molar-refractivity contribution is -0.120. The van der Waals surface area contributed by atoms with E-state index in [2.05, 4.69) is 5.32 Å². The average molecular weight is 561 g/mol. The Morgan fingerprint density at radius 2 is 1.77 bits per heavy atom. The van der Waals surface area contributed by atoms with Crippen LogP contribution in [0.25, 0.3) is 0 Å². The van der Waals surface area contributed by atoms with E-state index < -0.39 is 53.9 Å². The number of fused-ring (bicyclic) bond motifs is 2. The number of Topliss-reactive ketones (excluding diaryl/α,β-unsaturated/α-hetero) is 1. The van der Waals surface area contributed by atoms with Crippen molar-refractivity contribution in [2.45, 2.75) is 65.0 Å². The predicted octanol–water partition coefficient (Wildman–Crippen LogP) is 2.41. The summed E-state index contributed by atoms with van der Waals surface area (Å²) < 4.78 is 21.7. The Kier molecular flexibility index (Phi) is 12.0. The maximum Gasteiger partial charge on any atom is 0.405 e. The van der Waals surface area contributed by atoms with E-state index >= 15 is 0 Å². The van der Waals surface area contributed by atoms with Gasteiger partial charge in [0.05, 0.1) is 25.0 Å². The maximum absolute atomic E-state index is 13.3. The summed E-state index contributed by atoms with van der Waals surface area (Å²) in [6, 6.07) is 0. The zero-order chi connectivity index (χ0) is 30.1. The van der Waals surface area contributed by atoms with Crippen LogP contribution in [-0.4, -0.2) is 74.4 Å². The number of aliphatic hydroxyl groups excluding tert-OH is 1. The highest BCUT2D eigenvalue weighted by Crippen LogP contribution is 2.29. The number of primary amides is 1. The topological polar surface area (TPSA) is 163 Å². The third-order valence-corrected chi connectivity index (χ3v) is 6.95. The number of hydrogen-bond donors (Lipinski definition) is 3. The van der Waals surface area contributed by atoms with E-state index in [9.17, 15) is 24.3 Å². The second-order valence-corrected chi connectivity index (χ2v) is 10.1. The Balaban J connectivity index is 2.60. The van der Waals surface area contributed by atoms with Crippen LogP contribution in [-0.2, 0) is 33.3 Å². The van der Waals surface area contributed by atoms with Crippen LogP contribution in [0.4, 0.5) is 4.79 Å². The van der Waals surface area contributed by atoms with Crippen molar-refractivity contribution in [1.82, 2.24) is 5.32 Å². The highest BCUT2D eigenvalue weighted by Gasteiger charge is 2.34. The van der Waals surface area contributed by atoms with Crippen LogP contribution in [0.3, 0.4) is 0 Å². The molecule has 0 aromatic heterocycles. The van der Waals surface area contributed by atoms with Crippen molar-refractivity contribution in [1.29, 1.82) is 0 Å². The Labute approximate surface area is 234 Å². The van der Waals surface area contributed by atoms with Gasteiger partial charge in [-0.3, -0.25) is 14.4 Å². The lowest BCUT2D eigenvalue weighted by atomic mass is 9.85. The molecule has 0 radical (unpaired) electrons. The van der Waals surface area contributed by atoms with Gasteiger partial charge in [0.1, 0.15) is 6.10 Å². The zero-order valence-corrected chi connectivity index (χ0v) is 24.1. The second-order valence-electron chi connectivity index (χ2n) is 10.1. The molecule has 220 valence electrons. The van der Waals surface area contributed by atoms with Crippen molar-refractivity contribution in [2.24, 2.45) is 17.6 Å². The molecule has 2 rings (SSSR count). The first kappa shape index (κ1) is 32.7. The van der Waals surface area contributed by atoms with Crippen molar-refractivity contribution in [3.63, 3.8) is 0 Å². The molecule has 1 aliphatic heterocycles. The summed E-state index contributed by atoms with van der Waals surface area (Å²) in [5, 5.41) is 13.7. The number of amides is 2. The van der Waals surface area contributed by atoms with Gasteiger partial charge in [-0.15, -0.1) is 0 Å². The van der Waals surface area contributed by atoms with Crippen molar-refractivity contribution in [3.8, 4) is 0 Å². The van der Waals surface area contributed by atoms with Gasteiger partial charge in [-0.05, 0) is 38.2 Å². The Bertz CT molecular complexity index is 1150. The molecule has 0 saturated carbocycles. The molecule has 6 atom stereocenters. The van der Waals surface area contributed by atoms with Crippen molar-refractivity contribution in [3.05, 3.63) is 58.6 Å². The van der Waals surface area contributed by atoms with E-state index in [-0.39, 0.29) is 34.9 Å². The van der Waals surface area contributed by atoms with Gasteiger partial charge in [0.15, 0.2) is 11.9 Å². The van der Waals surface area contributed by atoms with Crippen molar-refractivity contribution < 1.29 is 43.2 Å². The number of allylic oxidation sites excluding steroid dienone is 4. The molecule has 0 aromatic carbocycles. The van der Waals surface area contributed by atoms with Crippen LogP contribution < -0.4 is 11.1 Å². The molecular formula is C29H40N2O9. The molecule has 0 spiro atoms. The number of aliphatic hydroxyl groups is 1. The number of methoxy groups -OCH3 is 3. The monoisotopic (exact) mass is 560 g/mol. The summed E-state index contributed by atoms with van der Waals surface area (Å²) in [5.41, 5.74) is 6.12. The number of rotatable bonds is 4. The van der Waals surface area contributed by atoms with Gasteiger partial charge < -0.3 is 35.1 Å². The molecule has 2 aliphatic rings. The summed E-state index contributed by atoms with van der Waals surface area (Å²) in [6.07, 6.45) is 3.61. The smallest absolute Gasteiger partial charge is 0.405 e. The Morgan fingerprint density at radius 3 is 2.35 bits per heavy atom. The summed E-state index contributed by atoms with van der Waals surface area (Å²) in [4.78, 5) is 50.6. The standard InChI is InChI=1S/C29H40N2O9/c1-15-11-19-25(34)20(14-21(32)27(19)39-7)31-28(35)16(2)9-8-10-22(37-5)26(40-29(30)36)18(4)13-17(3)24(33)23(12-15)38-6/h8-10,13-15,17,22-24,26,33H,11-12H2,1-7H3,(H2,30,36)(H,31,35)/b10-8-,16-9-,18-13-/t15-,17+,22+,23+,24-,26+/m1/s1. The third-order valence-electron chi connectivity index (χ3n) is 6.95. The van der Waals surface area contributed by atoms with Gasteiger partial charge in [-0.2, -0.15) is 0 Å². The first-order valence-corrected chi connectivity index (χ1v) is 13.0. The summed E-state index contributed by atoms with van der Waals surface area (Å²) in [6.45, 7) is 6.92. The Morgan fingerprint density at radius 1 is 1.10 bits per heavy atom. The largest absolute Gasteiger partial charge is 0.492 e. The minimum atomic E-state index is -1.00. The molecular weight excluding hydrogens is 520 g/mol. The fraction of sp³-hybridized carbons (Fsp3) is 0.517. The number of ether oxygens (including phenoxy) is 4. The van der Waals surface area contributed by atoms with E-state index in [1.165, 1.54) is 34.3 Å². The highest BCUT2D eigenvalue weighted by atomic mass is 16.6. The van der Waals surface area contributed by atoms with Crippen LogP contribution in [0, 0.1) is 11.8 Å². The minimum Gasteiger partial charge on any atom is -0.492 e. The molecule has 11 nitrogen and oxygen atoms in total. The van der Waals surface area contributed by atoms with Crippen molar-refractivity contribution in [2.75, 3.05) is 21.3 Å². The maximum atomic E-state index is 13.3. The van der Waals surface area contributed by atoms with Crippen LogP contribution in [0.5, 0.6) is 0 Å². The summed E-state index contributed by atoms with van der Waals surface area (Å²) >= 11 is 0. The van der Waals surface area contributed by atoms with E-state index in [1.54, 1.807) is 32.1 Å². The molecule has 40 heavy (non-hydrogen) atoms. The number of carbonyl (C=O) groups excluding carboxylic acids is 4. The van der Waals surface area contributed by atoms with E-state index in [1.807, 2.05) is 6.92 Å². The number of nitrogens with two attached hydrogens (primary N) is 1. The van der Waals surface area contributed by atoms with Crippen LogP contribution in [0.1, 0.15) is 40.5 Å². The van der Waals surface area contributed by atoms with Gasteiger partial charge in [0.25, 0.3) is 5.91 Å². The number of nitrogens with one attached hydrogen (secondary N) is 1. The summed E-state index contributed by atoms with van der Waals surface area (Å²) in [7, 11) is 4.21. The average Bonchev–Trinajstić information content (AvgIpc) is 2.90. The van der Waals surface area contributed by atoms with E-state index in [0.717, 1.165) is 6.08 Å². The zero-order valence-electron chi connectivity index (χ0n) is 24.1. The molecule has 2 amide bonds. The van der Waals surface area contributed by atoms with E-state index in [0.29, 0.717) is 12.0 Å². The lowest BCUT2D eigenvalue weighted by Crippen LogP contribution is -2.37. The van der Waals surface area contributed by atoms with Gasteiger partial charge in [0.2, 0.25) is 11.6 Å². The number of ketones is 2. The molecule has 11 heteroatoms. The predicted molar refractivity (Wildman–Crippen MR) is 147 cm³/mol. The molecule has 1 heterocycles. The SMILES string of the molecule is COC1=C2C[C@@H](C)C[C@H](OC)[C@H](O)[C@@H](C)/C=C(/C)[C@H](OC(N)=O)[C@@H](OC)/C=C\C=C(\C)C(=O)NC(=CC1=O)C2=O. The van der Waals surface area contributed by atoms with Gasteiger partial charge in [0, 0.05) is 37.4 Å². The first-order valence-electron chi connectivity index (χ1n) is 13.0. The number of hydrogen-bond acceptors (Lipinski definition) is 9. The molecule has 0 fully saturated rings. The van der Waals surface area contributed by atoms with Gasteiger partial charge >= 0.3 is 6.09 Å².